The third-order valence-electron chi connectivity index (χ3n) is 4.75. The molecule has 3 N–H and O–H groups in total. The highest BCUT2D eigenvalue weighted by molar-refractivity contribution is 7.89. The van der Waals surface area contributed by atoms with Crippen molar-refractivity contribution in [3.05, 3.63) is 59.5 Å². The number of sulfonamides is 1. The van der Waals surface area contributed by atoms with E-state index in [4.69, 9.17) is 17.0 Å². The van der Waals surface area contributed by atoms with E-state index in [1.165, 1.54) is 6.07 Å². The number of halogens is 4. The zero-order valence-corrected chi connectivity index (χ0v) is 16.5. The summed E-state index contributed by atoms with van der Waals surface area (Å²) < 4.78 is 83.9. The van der Waals surface area contributed by atoms with Crippen molar-refractivity contribution < 1.29 is 35.8 Å². The number of nitrogens with two attached hydrogens (primary N) is 1. The highest BCUT2D eigenvalue weighted by Crippen LogP contribution is 2.33. The molecular formula is C18H16F4N4O4S. The van der Waals surface area contributed by atoms with Crippen LogP contribution in [0.3, 0.4) is 0 Å². The number of β-amino-alcohol motifs (C(OH)–C–C–N with tert-alkyl or cyclic N) is 1. The molecule has 1 aliphatic rings. The molecule has 0 bridgehead atoms. The van der Waals surface area contributed by atoms with Gasteiger partial charge in [-0.1, -0.05) is 0 Å². The van der Waals surface area contributed by atoms with Crippen molar-refractivity contribution in [1.29, 1.82) is 0 Å². The van der Waals surface area contributed by atoms with Gasteiger partial charge in [0.2, 0.25) is 15.7 Å². The molecule has 0 radical (unpaired) electrons. The van der Waals surface area contributed by atoms with Gasteiger partial charge in [0, 0.05) is 25.4 Å². The second kappa shape index (κ2) is 8.04. The molecule has 8 nitrogen and oxygen atoms in total. The first kappa shape index (κ1) is 22.9. The number of nitrogens with zero attached hydrogens (tertiary/aromatic N) is 3. The van der Waals surface area contributed by atoms with E-state index in [0.717, 1.165) is 22.5 Å². The van der Waals surface area contributed by atoms with Gasteiger partial charge in [-0.05, 0) is 24.3 Å². The van der Waals surface area contributed by atoms with Crippen molar-refractivity contribution >= 4 is 15.7 Å². The Morgan fingerprint density at radius 2 is 2.06 bits per heavy atom. The normalized spacial score (nSPS) is 22.3. The second-order valence-electron chi connectivity index (χ2n) is 6.81. The zero-order valence-electron chi connectivity index (χ0n) is 15.7. The number of hydrogen-bond acceptors (Lipinski definition) is 6. The lowest BCUT2D eigenvalue weighted by molar-refractivity contribution is -0.141. The monoisotopic (exact) mass is 460 g/mol. The first-order valence-corrected chi connectivity index (χ1v) is 10.1. The predicted octanol–water partition coefficient (Wildman–Crippen LogP) is 1.93. The van der Waals surface area contributed by atoms with E-state index in [9.17, 15) is 31.1 Å². The van der Waals surface area contributed by atoms with Crippen LogP contribution in [-0.2, 0) is 16.2 Å². The van der Waals surface area contributed by atoms with Gasteiger partial charge in [0.15, 0.2) is 0 Å². The van der Waals surface area contributed by atoms with Crippen LogP contribution in [0.5, 0.6) is 5.75 Å². The maximum Gasteiger partial charge on any atom is 0.433 e. The van der Waals surface area contributed by atoms with E-state index < -0.39 is 63.9 Å². The maximum absolute atomic E-state index is 13.8. The smallest absolute Gasteiger partial charge is 0.433 e. The summed E-state index contributed by atoms with van der Waals surface area (Å²) in [4.78, 5) is 5.61. The van der Waals surface area contributed by atoms with E-state index in [0.29, 0.717) is 12.3 Å². The van der Waals surface area contributed by atoms with Crippen LogP contribution in [0.4, 0.5) is 23.2 Å². The Kier molecular flexibility index (Phi) is 5.94. The van der Waals surface area contributed by atoms with Crippen LogP contribution in [0.25, 0.3) is 4.85 Å². The number of benzene rings is 1. The Labute approximate surface area is 174 Å². The van der Waals surface area contributed by atoms with Gasteiger partial charge in [0.1, 0.15) is 33.9 Å². The Morgan fingerprint density at radius 3 is 2.58 bits per heavy atom. The fraction of sp³-hybridized carbons (Fsp3) is 0.333. The van der Waals surface area contributed by atoms with E-state index in [-0.39, 0.29) is 11.4 Å². The molecular weight excluding hydrogens is 444 g/mol. The minimum atomic E-state index is -4.73. The lowest BCUT2D eigenvalue weighted by Gasteiger charge is -2.27. The van der Waals surface area contributed by atoms with Crippen molar-refractivity contribution in [2.75, 3.05) is 19.6 Å². The average Bonchev–Trinajstić information content (AvgIpc) is 3.05. The number of ether oxygens (including phenoxy) is 1. The predicted molar refractivity (Wildman–Crippen MR) is 99.1 cm³/mol. The standard InChI is InChI=1S/C18H16F4N4O4S/c1-24-14-4-2-11(6-13(14)19)30-16-8-26(10-17(16,27)9-23)31(28,29)12-3-5-15(25-7-12)18(20,21)22/h2-7,16,27H,8-10,23H2/t16-,17-/m0/s1. The van der Waals surface area contributed by atoms with E-state index in [1.807, 2.05) is 0 Å². The van der Waals surface area contributed by atoms with Gasteiger partial charge in [-0.15, -0.1) is 0 Å². The number of rotatable bonds is 5. The molecule has 3 rings (SSSR count). The van der Waals surface area contributed by atoms with Crippen molar-refractivity contribution in [3.63, 3.8) is 0 Å². The summed E-state index contributed by atoms with van der Waals surface area (Å²) in [5.41, 5.74) is 2.25. The van der Waals surface area contributed by atoms with Crippen molar-refractivity contribution in [1.82, 2.24) is 9.29 Å². The largest absolute Gasteiger partial charge is 0.486 e. The fourth-order valence-corrected chi connectivity index (χ4v) is 4.47. The Hall–Kier alpha value is -2.79. The van der Waals surface area contributed by atoms with Crippen LogP contribution < -0.4 is 10.5 Å². The van der Waals surface area contributed by atoms with Crippen LogP contribution >= 0.6 is 0 Å². The molecule has 2 aromatic rings. The third kappa shape index (κ3) is 4.47. The van der Waals surface area contributed by atoms with Gasteiger partial charge >= 0.3 is 6.18 Å². The summed E-state index contributed by atoms with van der Waals surface area (Å²) in [5.74, 6) is -0.917. The van der Waals surface area contributed by atoms with Gasteiger partial charge in [-0.3, -0.25) is 4.98 Å². The number of pyridine rings is 1. The maximum atomic E-state index is 13.8. The number of hydrogen-bond donors (Lipinski definition) is 2. The fourth-order valence-electron chi connectivity index (χ4n) is 3.02. The topological polar surface area (TPSA) is 110 Å². The number of alkyl halides is 3. The molecule has 2 heterocycles. The molecule has 0 spiro atoms. The molecule has 2 atom stereocenters. The zero-order chi connectivity index (χ0) is 23.0. The van der Waals surface area contributed by atoms with E-state index >= 15 is 0 Å². The van der Waals surface area contributed by atoms with Gasteiger partial charge < -0.3 is 15.6 Å². The van der Waals surface area contributed by atoms with Crippen LogP contribution in [0, 0.1) is 12.4 Å². The lowest BCUT2D eigenvalue weighted by atomic mass is 10.0. The summed E-state index contributed by atoms with van der Waals surface area (Å²) in [5, 5.41) is 10.8. The van der Waals surface area contributed by atoms with Gasteiger partial charge in [0.25, 0.3) is 0 Å². The lowest BCUT2D eigenvalue weighted by Crippen LogP contribution is -2.50. The van der Waals surface area contributed by atoms with Gasteiger partial charge in [0.05, 0.1) is 13.1 Å². The third-order valence-corrected chi connectivity index (χ3v) is 6.55. The van der Waals surface area contributed by atoms with Crippen LogP contribution in [0.1, 0.15) is 5.69 Å². The highest BCUT2D eigenvalue weighted by Gasteiger charge is 2.50. The molecule has 1 aromatic heterocycles. The van der Waals surface area contributed by atoms with E-state index in [2.05, 4.69) is 9.83 Å². The molecule has 1 aromatic carbocycles. The molecule has 31 heavy (non-hydrogen) atoms. The molecule has 0 saturated carbocycles. The molecule has 1 saturated heterocycles. The summed E-state index contributed by atoms with van der Waals surface area (Å²) in [6.45, 7) is 5.54. The summed E-state index contributed by atoms with van der Waals surface area (Å²) in [7, 11) is -4.33. The van der Waals surface area contributed by atoms with Crippen LogP contribution in [0.2, 0.25) is 0 Å². The average molecular weight is 460 g/mol. The second-order valence-corrected chi connectivity index (χ2v) is 8.75. The molecule has 1 fully saturated rings. The minimum Gasteiger partial charge on any atom is -0.486 e. The van der Waals surface area contributed by atoms with Crippen LogP contribution in [0.15, 0.2) is 41.4 Å². The first-order valence-electron chi connectivity index (χ1n) is 8.70. The minimum absolute atomic E-state index is 0.0581. The molecule has 0 aliphatic carbocycles. The van der Waals surface area contributed by atoms with Crippen molar-refractivity contribution in [2.45, 2.75) is 22.8 Å². The summed E-state index contributed by atoms with van der Waals surface area (Å²) in [6, 6.07) is 4.66. The summed E-state index contributed by atoms with van der Waals surface area (Å²) >= 11 is 0. The molecule has 13 heteroatoms. The Bertz CT molecular complexity index is 1120. The quantitative estimate of drug-likeness (QED) is 0.521. The molecule has 0 unspecified atom stereocenters. The molecule has 0 amide bonds. The van der Waals surface area contributed by atoms with Crippen molar-refractivity contribution in [3.8, 4) is 5.75 Å². The first-order chi connectivity index (χ1) is 14.4. The van der Waals surface area contributed by atoms with Gasteiger partial charge in [-0.2, -0.15) is 17.5 Å². The Morgan fingerprint density at radius 1 is 1.35 bits per heavy atom. The SMILES string of the molecule is [C-]#[N+]c1ccc(O[C@H]2CN(S(=O)(=O)c3ccc(C(F)(F)F)nc3)C[C@@]2(O)CN)cc1F. The number of aliphatic hydroxyl groups is 1. The molecule has 166 valence electrons. The number of aromatic nitrogens is 1. The summed E-state index contributed by atoms with van der Waals surface area (Å²) in [6.07, 6.45) is -5.35. The Balaban J connectivity index is 1.85. The van der Waals surface area contributed by atoms with E-state index in [1.54, 1.807) is 0 Å². The van der Waals surface area contributed by atoms with Crippen LogP contribution in [-0.4, -0.2) is 54.2 Å². The highest BCUT2D eigenvalue weighted by atomic mass is 32.2. The molecule has 1 aliphatic heterocycles. The van der Waals surface area contributed by atoms with Gasteiger partial charge in [-0.25, -0.2) is 17.7 Å². The van der Waals surface area contributed by atoms with Crippen molar-refractivity contribution in [2.24, 2.45) is 5.73 Å².